The van der Waals surface area contributed by atoms with Crippen LogP contribution >= 0.6 is 0 Å². The van der Waals surface area contributed by atoms with Crippen LogP contribution in [0.25, 0.3) is 0 Å². The van der Waals surface area contributed by atoms with Gasteiger partial charge in [0.2, 0.25) is 15.9 Å². The van der Waals surface area contributed by atoms with Crippen molar-refractivity contribution in [3.63, 3.8) is 0 Å². The van der Waals surface area contributed by atoms with Crippen LogP contribution in [0.15, 0.2) is 47.4 Å². The lowest BCUT2D eigenvalue weighted by molar-refractivity contribution is -0.117. The Kier molecular flexibility index (Phi) is 5.82. The van der Waals surface area contributed by atoms with E-state index in [9.17, 15) is 13.2 Å². The summed E-state index contributed by atoms with van der Waals surface area (Å²) in [6, 6.07) is 12.3. The van der Waals surface area contributed by atoms with Crippen molar-refractivity contribution < 1.29 is 17.9 Å². The van der Waals surface area contributed by atoms with Gasteiger partial charge in [-0.2, -0.15) is 0 Å². The Morgan fingerprint density at radius 2 is 2.00 bits per heavy atom. The summed E-state index contributed by atoms with van der Waals surface area (Å²) < 4.78 is 33.2. The van der Waals surface area contributed by atoms with E-state index >= 15 is 0 Å². The van der Waals surface area contributed by atoms with E-state index in [4.69, 9.17) is 4.74 Å². The number of anilines is 1. The number of rotatable bonds is 7. The minimum Gasteiger partial charge on any atom is -0.496 e. The van der Waals surface area contributed by atoms with Gasteiger partial charge in [-0.1, -0.05) is 19.1 Å². The highest BCUT2D eigenvalue weighted by Gasteiger charge is 2.22. The summed E-state index contributed by atoms with van der Waals surface area (Å²) in [4.78, 5) is 13.9. The highest BCUT2D eigenvalue weighted by atomic mass is 32.2. The van der Waals surface area contributed by atoms with Crippen LogP contribution < -0.4 is 14.4 Å². The van der Waals surface area contributed by atoms with E-state index in [0.717, 1.165) is 23.2 Å². The van der Waals surface area contributed by atoms with Gasteiger partial charge in [0.1, 0.15) is 5.75 Å². The minimum absolute atomic E-state index is 0.109. The molecule has 0 radical (unpaired) electrons. The van der Waals surface area contributed by atoms with Crippen LogP contribution in [0.2, 0.25) is 0 Å². The van der Waals surface area contributed by atoms with Gasteiger partial charge in [0, 0.05) is 25.2 Å². The third-order valence-corrected chi connectivity index (χ3v) is 6.10. The number of amides is 1. The second-order valence-corrected chi connectivity index (χ2v) is 8.24. The highest BCUT2D eigenvalue weighted by molar-refractivity contribution is 7.89. The smallest absolute Gasteiger partial charge is 0.240 e. The maximum absolute atomic E-state index is 12.7. The number of nitrogens with zero attached hydrogens (tertiary/aromatic N) is 1. The molecule has 1 saturated heterocycles. The first-order valence-corrected chi connectivity index (χ1v) is 10.5. The van der Waals surface area contributed by atoms with E-state index in [1.807, 2.05) is 31.2 Å². The molecule has 6 nitrogen and oxygen atoms in total. The summed E-state index contributed by atoms with van der Waals surface area (Å²) in [6.45, 7) is 2.82. The number of carbonyl (C=O) groups excluding carboxylic acids is 1. The SMILES string of the molecule is CCc1cc(S(=O)(=O)NCc2cccc(N3CCCC3=O)c2)ccc1OC. The number of hydrogen-bond acceptors (Lipinski definition) is 4. The summed E-state index contributed by atoms with van der Waals surface area (Å²) in [6.07, 6.45) is 2.10. The first-order valence-electron chi connectivity index (χ1n) is 9.00. The first kappa shape index (κ1) is 19.4. The highest BCUT2D eigenvalue weighted by Crippen LogP contribution is 2.24. The van der Waals surface area contributed by atoms with E-state index in [1.54, 1.807) is 30.2 Å². The second-order valence-electron chi connectivity index (χ2n) is 6.47. The largest absolute Gasteiger partial charge is 0.496 e. The Morgan fingerprint density at radius 3 is 2.67 bits per heavy atom. The van der Waals surface area contributed by atoms with Crippen LogP contribution in [0, 0.1) is 0 Å². The van der Waals surface area contributed by atoms with Crippen molar-refractivity contribution in [3.05, 3.63) is 53.6 Å². The molecule has 1 aliphatic heterocycles. The summed E-state index contributed by atoms with van der Waals surface area (Å²) >= 11 is 0. The fourth-order valence-electron chi connectivity index (χ4n) is 3.22. The fraction of sp³-hybridized carbons (Fsp3) is 0.350. The van der Waals surface area contributed by atoms with Crippen molar-refractivity contribution in [2.75, 3.05) is 18.6 Å². The van der Waals surface area contributed by atoms with Crippen molar-refractivity contribution in [1.29, 1.82) is 0 Å². The van der Waals surface area contributed by atoms with Gasteiger partial charge in [0.25, 0.3) is 0 Å². The molecule has 1 fully saturated rings. The standard InChI is InChI=1S/C20H24N2O4S/c1-3-16-13-18(9-10-19(16)26-2)27(24,25)21-14-15-6-4-7-17(12-15)22-11-5-8-20(22)23/h4,6-7,9-10,12-13,21H,3,5,8,11,14H2,1-2H3. The third-order valence-electron chi connectivity index (χ3n) is 4.71. The van der Waals surface area contributed by atoms with E-state index in [2.05, 4.69) is 4.72 Å². The maximum atomic E-state index is 12.7. The Bertz CT molecular complexity index is 941. The quantitative estimate of drug-likeness (QED) is 0.791. The lowest BCUT2D eigenvalue weighted by Crippen LogP contribution is -2.25. The Labute approximate surface area is 160 Å². The van der Waals surface area contributed by atoms with E-state index in [-0.39, 0.29) is 17.3 Å². The van der Waals surface area contributed by atoms with Crippen LogP contribution in [-0.4, -0.2) is 28.0 Å². The van der Waals surface area contributed by atoms with Crippen molar-refractivity contribution in [2.45, 2.75) is 37.6 Å². The molecule has 1 aliphatic rings. The van der Waals surface area contributed by atoms with E-state index in [0.29, 0.717) is 25.1 Å². The molecule has 144 valence electrons. The first-order chi connectivity index (χ1) is 12.9. The van der Waals surface area contributed by atoms with Crippen molar-refractivity contribution >= 4 is 21.6 Å². The number of nitrogens with one attached hydrogen (secondary N) is 1. The zero-order chi connectivity index (χ0) is 19.4. The van der Waals surface area contributed by atoms with Crippen LogP contribution in [0.3, 0.4) is 0 Å². The van der Waals surface area contributed by atoms with Crippen LogP contribution in [0.4, 0.5) is 5.69 Å². The minimum atomic E-state index is -3.64. The van der Waals surface area contributed by atoms with Crippen LogP contribution in [0.5, 0.6) is 5.75 Å². The maximum Gasteiger partial charge on any atom is 0.240 e. The van der Waals surface area contributed by atoms with E-state index in [1.165, 1.54) is 0 Å². The van der Waals surface area contributed by atoms with Gasteiger partial charge >= 0.3 is 0 Å². The molecule has 7 heteroatoms. The van der Waals surface area contributed by atoms with Crippen LogP contribution in [0.1, 0.15) is 30.9 Å². The van der Waals surface area contributed by atoms with Crippen LogP contribution in [-0.2, 0) is 27.8 Å². The molecule has 0 spiro atoms. The van der Waals surface area contributed by atoms with Gasteiger partial charge < -0.3 is 9.64 Å². The molecular weight excluding hydrogens is 364 g/mol. The second kappa shape index (κ2) is 8.10. The van der Waals surface area contributed by atoms with Gasteiger partial charge in [-0.3, -0.25) is 4.79 Å². The molecule has 0 saturated carbocycles. The summed E-state index contributed by atoms with van der Waals surface area (Å²) in [7, 11) is -2.08. The average molecular weight is 388 g/mol. The lowest BCUT2D eigenvalue weighted by atomic mass is 10.1. The molecule has 0 aliphatic carbocycles. The Balaban J connectivity index is 1.75. The molecular formula is C20H24N2O4S. The van der Waals surface area contributed by atoms with E-state index < -0.39 is 10.0 Å². The molecule has 2 aromatic rings. The van der Waals surface area contributed by atoms with Gasteiger partial charge in [-0.05, 0) is 54.3 Å². The number of ether oxygens (including phenoxy) is 1. The zero-order valence-corrected chi connectivity index (χ0v) is 16.4. The molecule has 1 N–H and O–H groups in total. The molecule has 0 unspecified atom stereocenters. The van der Waals surface area contributed by atoms with Gasteiger partial charge in [0.15, 0.2) is 0 Å². The number of carbonyl (C=O) groups is 1. The Hall–Kier alpha value is -2.38. The summed E-state index contributed by atoms with van der Waals surface area (Å²) in [5.41, 5.74) is 2.46. The van der Waals surface area contributed by atoms with Gasteiger partial charge in [0.05, 0.1) is 12.0 Å². The Morgan fingerprint density at radius 1 is 1.19 bits per heavy atom. The fourth-order valence-corrected chi connectivity index (χ4v) is 4.28. The van der Waals surface area contributed by atoms with Gasteiger partial charge in [-0.25, -0.2) is 13.1 Å². The number of benzene rings is 2. The molecule has 27 heavy (non-hydrogen) atoms. The van der Waals surface area contributed by atoms with Gasteiger partial charge in [-0.15, -0.1) is 0 Å². The molecule has 0 aromatic heterocycles. The number of methoxy groups -OCH3 is 1. The topological polar surface area (TPSA) is 75.7 Å². The number of hydrogen-bond donors (Lipinski definition) is 1. The number of sulfonamides is 1. The van der Waals surface area contributed by atoms with Crippen molar-refractivity contribution in [2.24, 2.45) is 0 Å². The summed E-state index contributed by atoms with van der Waals surface area (Å²) in [5.74, 6) is 0.789. The number of aryl methyl sites for hydroxylation is 1. The predicted molar refractivity (Wildman–Crippen MR) is 104 cm³/mol. The third kappa shape index (κ3) is 4.31. The molecule has 1 amide bonds. The molecule has 2 aromatic carbocycles. The summed E-state index contributed by atoms with van der Waals surface area (Å²) in [5, 5.41) is 0. The normalized spacial score (nSPS) is 14.6. The van der Waals surface area contributed by atoms with Crippen molar-refractivity contribution in [3.8, 4) is 5.75 Å². The monoisotopic (exact) mass is 388 g/mol. The molecule has 0 atom stereocenters. The molecule has 1 heterocycles. The predicted octanol–water partition coefficient (Wildman–Crippen LogP) is 2.86. The lowest BCUT2D eigenvalue weighted by Gasteiger charge is -2.17. The molecule has 0 bridgehead atoms. The average Bonchev–Trinajstić information content (AvgIpc) is 3.12. The zero-order valence-electron chi connectivity index (χ0n) is 15.6. The van der Waals surface area contributed by atoms with Crippen molar-refractivity contribution in [1.82, 2.24) is 4.72 Å². The molecule has 3 rings (SSSR count).